The van der Waals surface area contributed by atoms with Crippen LogP contribution in [0.1, 0.15) is 17.7 Å². The van der Waals surface area contributed by atoms with Crippen molar-refractivity contribution in [3.05, 3.63) is 21.3 Å². The second kappa shape index (κ2) is 7.94. The molecule has 0 spiro atoms. The van der Waals surface area contributed by atoms with E-state index < -0.39 is 0 Å². The van der Waals surface area contributed by atoms with Crippen molar-refractivity contribution in [2.45, 2.75) is 19.4 Å². The average Bonchev–Trinajstić information content (AvgIpc) is 2.89. The monoisotopic (exact) mass is 343 g/mol. The first-order valence-corrected chi connectivity index (χ1v) is 8.59. The van der Waals surface area contributed by atoms with E-state index >= 15 is 0 Å². The zero-order valence-corrected chi connectivity index (χ0v) is 14.5. The van der Waals surface area contributed by atoms with Gasteiger partial charge >= 0.3 is 0 Å². The van der Waals surface area contributed by atoms with Crippen molar-refractivity contribution in [3.63, 3.8) is 0 Å². The minimum absolute atomic E-state index is 0.0203. The molecule has 2 heterocycles. The second-order valence-electron chi connectivity index (χ2n) is 5.80. The van der Waals surface area contributed by atoms with Crippen LogP contribution in [0.25, 0.3) is 0 Å². The van der Waals surface area contributed by atoms with Gasteiger partial charge in [-0.3, -0.25) is 9.59 Å². The third-order valence-corrected chi connectivity index (χ3v) is 4.98. The summed E-state index contributed by atoms with van der Waals surface area (Å²) in [6.45, 7) is 2.51. The molecule has 1 aromatic rings. The van der Waals surface area contributed by atoms with Gasteiger partial charge in [-0.25, -0.2) is 0 Å². The number of likely N-dealkylation sites (N-methyl/N-ethyl adjacent to an activating group) is 1. The molecule has 1 unspecified atom stereocenters. The first kappa shape index (κ1) is 17.2. The molecule has 1 N–H and O–H groups in total. The van der Waals surface area contributed by atoms with Crippen LogP contribution in [0.2, 0.25) is 4.34 Å². The van der Waals surface area contributed by atoms with Crippen molar-refractivity contribution in [2.24, 2.45) is 5.92 Å². The quantitative estimate of drug-likeness (QED) is 0.857. The lowest BCUT2D eigenvalue weighted by atomic mass is 9.96. The number of halogens is 1. The molecule has 1 aliphatic heterocycles. The van der Waals surface area contributed by atoms with E-state index in [4.69, 9.17) is 11.6 Å². The maximum Gasteiger partial charge on any atom is 0.225 e. The number of amides is 2. The van der Waals surface area contributed by atoms with Gasteiger partial charge in [0, 0.05) is 30.9 Å². The molecule has 1 atom stereocenters. The number of hydrogen-bond acceptors (Lipinski definition) is 4. The van der Waals surface area contributed by atoms with E-state index in [1.54, 1.807) is 4.90 Å². The fraction of sp³-hybridized carbons (Fsp3) is 0.600. The number of likely N-dealkylation sites (tertiary alicyclic amines) is 1. The predicted molar refractivity (Wildman–Crippen MR) is 89.0 cm³/mol. The van der Waals surface area contributed by atoms with Crippen molar-refractivity contribution in [1.82, 2.24) is 15.1 Å². The molecule has 122 valence electrons. The van der Waals surface area contributed by atoms with E-state index in [1.165, 1.54) is 11.3 Å². The molecule has 1 saturated heterocycles. The van der Waals surface area contributed by atoms with Crippen LogP contribution in [0.4, 0.5) is 0 Å². The van der Waals surface area contributed by atoms with E-state index in [1.807, 2.05) is 31.1 Å². The first-order valence-electron chi connectivity index (χ1n) is 7.40. The number of hydrogen-bond donors (Lipinski definition) is 1. The van der Waals surface area contributed by atoms with Gasteiger partial charge in [-0.15, -0.1) is 11.3 Å². The lowest BCUT2D eigenvalue weighted by Crippen LogP contribution is -2.47. The van der Waals surface area contributed by atoms with Crippen LogP contribution in [0, 0.1) is 5.92 Å². The summed E-state index contributed by atoms with van der Waals surface area (Å²) in [6.07, 6.45) is 1.09. The summed E-state index contributed by atoms with van der Waals surface area (Å²) in [4.78, 5) is 29.1. The summed E-state index contributed by atoms with van der Waals surface area (Å²) < 4.78 is 0.724. The molecule has 22 heavy (non-hydrogen) atoms. The number of nitrogens with zero attached hydrogens (tertiary/aromatic N) is 2. The molecule has 2 rings (SSSR count). The number of thiophene rings is 1. The molecule has 1 fully saturated rings. The second-order valence-corrected chi connectivity index (χ2v) is 7.60. The zero-order valence-electron chi connectivity index (χ0n) is 13.0. The summed E-state index contributed by atoms with van der Waals surface area (Å²) >= 11 is 7.35. The van der Waals surface area contributed by atoms with Gasteiger partial charge in [-0.05, 0) is 32.6 Å². The highest BCUT2D eigenvalue weighted by Crippen LogP contribution is 2.22. The van der Waals surface area contributed by atoms with E-state index in [0.717, 1.165) is 15.8 Å². The third kappa shape index (κ3) is 4.97. The topological polar surface area (TPSA) is 52.6 Å². The Labute approximate surface area is 140 Å². The summed E-state index contributed by atoms with van der Waals surface area (Å²) in [6, 6.07) is 3.75. The molecular weight excluding hydrogens is 322 g/mol. The highest BCUT2D eigenvalue weighted by atomic mass is 35.5. The lowest BCUT2D eigenvalue weighted by Gasteiger charge is -2.32. The van der Waals surface area contributed by atoms with Crippen LogP contribution < -0.4 is 5.32 Å². The molecule has 0 saturated carbocycles. The SMILES string of the molecule is CN(C)CCN1CC(C(=O)NCc2ccc(Cl)s2)CCC1=O. The maximum absolute atomic E-state index is 12.3. The minimum Gasteiger partial charge on any atom is -0.351 e. The highest BCUT2D eigenvalue weighted by molar-refractivity contribution is 7.16. The predicted octanol–water partition coefficient (Wildman–Crippen LogP) is 1.82. The van der Waals surface area contributed by atoms with Crippen LogP contribution in [-0.2, 0) is 16.1 Å². The number of nitrogens with one attached hydrogen (secondary N) is 1. The molecule has 1 aliphatic rings. The van der Waals surface area contributed by atoms with E-state index in [2.05, 4.69) is 5.32 Å². The van der Waals surface area contributed by atoms with E-state index in [-0.39, 0.29) is 17.7 Å². The Balaban J connectivity index is 1.83. The first-order chi connectivity index (χ1) is 10.5. The molecule has 0 aliphatic carbocycles. The Morgan fingerprint density at radius 1 is 1.50 bits per heavy atom. The van der Waals surface area contributed by atoms with Gasteiger partial charge in [0.1, 0.15) is 0 Å². The molecule has 0 radical (unpaired) electrons. The Morgan fingerprint density at radius 2 is 2.27 bits per heavy atom. The normalized spacial score (nSPS) is 18.8. The fourth-order valence-electron chi connectivity index (χ4n) is 2.43. The Hall–Kier alpha value is -1.11. The minimum atomic E-state index is -0.115. The summed E-state index contributed by atoms with van der Waals surface area (Å²) in [7, 11) is 3.95. The fourth-order valence-corrected chi connectivity index (χ4v) is 3.46. The molecule has 1 aromatic heterocycles. The Morgan fingerprint density at radius 3 is 2.91 bits per heavy atom. The van der Waals surface area contributed by atoms with Gasteiger partial charge in [-0.1, -0.05) is 11.6 Å². The van der Waals surface area contributed by atoms with Gasteiger partial charge < -0.3 is 15.1 Å². The smallest absolute Gasteiger partial charge is 0.225 e. The number of rotatable bonds is 6. The standard InChI is InChI=1S/C15H22ClN3O2S/c1-18(2)7-8-19-10-11(3-6-14(19)20)15(21)17-9-12-4-5-13(16)22-12/h4-5,11H,3,6-10H2,1-2H3,(H,17,21). The summed E-state index contributed by atoms with van der Waals surface area (Å²) in [5.74, 6) is 0.0538. The number of carbonyl (C=O) groups excluding carboxylic acids is 2. The van der Waals surface area contributed by atoms with Gasteiger partial charge in [0.15, 0.2) is 0 Å². The average molecular weight is 344 g/mol. The highest BCUT2D eigenvalue weighted by Gasteiger charge is 2.29. The largest absolute Gasteiger partial charge is 0.351 e. The molecule has 2 amide bonds. The zero-order chi connectivity index (χ0) is 16.1. The van der Waals surface area contributed by atoms with Crippen molar-refractivity contribution in [2.75, 3.05) is 33.7 Å². The Bertz CT molecular complexity index is 533. The van der Waals surface area contributed by atoms with Gasteiger partial charge in [0.05, 0.1) is 16.8 Å². The van der Waals surface area contributed by atoms with Crippen molar-refractivity contribution < 1.29 is 9.59 Å². The molecular formula is C15H22ClN3O2S. The number of piperidine rings is 1. The maximum atomic E-state index is 12.3. The van der Waals surface area contributed by atoms with Crippen LogP contribution in [0.5, 0.6) is 0 Å². The van der Waals surface area contributed by atoms with Crippen molar-refractivity contribution in [3.8, 4) is 0 Å². The molecule has 0 aromatic carbocycles. The molecule has 7 heteroatoms. The number of carbonyl (C=O) groups is 2. The summed E-state index contributed by atoms with van der Waals surface area (Å²) in [5.41, 5.74) is 0. The van der Waals surface area contributed by atoms with Crippen LogP contribution in [0.3, 0.4) is 0 Å². The molecule has 0 bridgehead atoms. The van der Waals surface area contributed by atoms with Gasteiger partial charge in [-0.2, -0.15) is 0 Å². The lowest BCUT2D eigenvalue weighted by molar-refractivity contribution is -0.138. The van der Waals surface area contributed by atoms with Crippen molar-refractivity contribution >= 4 is 34.8 Å². The van der Waals surface area contributed by atoms with Gasteiger partial charge in [0.25, 0.3) is 0 Å². The van der Waals surface area contributed by atoms with Crippen LogP contribution in [0.15, 0.2) is 12.1 Å². The molecule has 5 nitrogen and oxygen atoms in total. The van der Waals surface area contributed by atoms with Gasteiger partial charge in [0.2, 0.25) is 11.8 Å². The third-order valence-electron chi connectivity index (χ3n) is 3.75. The van der Waals surface area contributed by atoms with Crippen LogP contribution >= 0.6 is 22.9 Å². The van der Waals surface area contributed by atoms with Crippen LogP contribution in [-0.4, -0.2) is 55.3 Å². The van der Waals surface area contributed by atoms with Crippen molar-refractivity contribution in [1.29, 1.82) is 0 Å². The van der Waals surface area contributed by atoms with E-state index in [9.17, 15) is 9.59 Å². The van der Waals surface area contributed by atoms with E-state index in [0.29, 0.717) is 32.5 Å². The summed E-state index contributed by atoms with van der Waals surface area (Å²) in [5, 5.41) is 2.95. The Kier molecular flexibility index (Phi) is 6.23.